The van der Waals surface area contributed by atoms with E-state index in [1.54, 1.807) is 12.1 Å². The molecule has 0 N–H and O–H groups in total. The molecule has 0 aliphatic carbocycles. The maximum Gasteiger partial charge on any atom is 0.514 e. The number of carbonyl (C=O) groups is 1. The van der Waals surface area contributed by atoms with Crippen LogP contribution in [0.3, 0.4) is 0 Å². The highest BCUT2D eigenvalue weighted by Gasteiger charge is 2.20. The predicted octanol–water partition coefficient (Wildman–Crippen LogP) is 1.51. The van der Waals surface area contributed by atoms with Crippen LogP contribution in [-0.2, 0) is 14.2 Å². The number of hydrogen-bond acceptors (Lipinski definition) is 7. The van der Waals surface area contributed by atoms with E-state index in [-0.39, 0.29) is 20.0 Å². The van der Waals surface area contributed by atoms with Crippen LogP contribution in [0.5, 0.6) is 5.75 Å². The molecule has 0 radical (unpaired) electrons. The molecule has 1 heterocycles. The average Bonchev–Trinajstić information content (AvgIpc) is 2.40. The fourth-order valence-electron chi connectivity index (χ4n) is 1.51. The van der Waals surface area contributed by atoms with Gasteiger partial charge in [-0.15, -0.1) is 0 Å². The number of nitrogens with zero attached hydrogens (tertiary/aromatic N) is 1. The number of carbonyl (C=O) groups excluding carboxylic acids is 1. The van der Waals surface area contributed by atoms with Crippen LogP contribution in [0.4, 0.5) is 10.5 Å². The first kappa shape index (κ1) is 13.6. The molecule has 0 bridgehead atoms. The summed E-state index contributed by atoms with van der Waals surface area (Å²) in [7, 11) is 1.38. The Morgan fingerprint density at radius 2 is 1.95 bits per heavy atom. The summed E-state index contributed by atoms with van der Waals surface area (Å²) < 4.78 is 19.9. The lowest BCUT2D eigenvalue weighted by molar-refractivity contribution is -0.155. The molecule has 104 valence electrons. The molecule has 1 fully saturated rings. The smallest absolute Gasteiger partial charge is 0.514 e. The Labute approximate surface area is 110 Å². The summed E-state index contributed by atoms with van der Waals surface area (Å²) in [6.07, 6.45) is -1.30. The summed E-state index contributed by atoms with van der Waals surface area (Å²) in [6.45, 7) is 0.781. The highest BCUT2D eigenvalue weighted by atomic mass is 16.8. The molecule has 0 spiro atoms. The van der Waals surface area contributed by atoms with Gasteiger partial charge in [-0.05, 0) is 31.3 Å². The van der Waals surface area contributed by atoms with Gasteiger partial charge >= 0.3 is 6.16 Å². The topological polar surface area (TPSA) is 80.3 Å². The summed E-state index contributed by atoms with van der Waals surface area (Å²) in [5.74, 6) is 0.299. The zero-order valence-electron chi connectivity index (χ0n) is 10.4. The highest BCUT2D eigenvalue weighted by Crippen LogP contribution is 2.18. The normalized spacial score (nSPS) is 15.9. The zero-order chi connectivity index (χ0) is 13.7. The van der Waals surface area contributed by atoms with Gasteiger partial charge in [0, 0.05) is 5.69 Å². The van der Waals surface area contributed by atoms with Crippen LogP contribution in [0.15, 0.2) is 24.3 Å². The summed E-state index contributed by atoms with van der Waals surface area (Å²) in [5.41, 5.74) is 0.467. The van der Waals surface area contributed by atoms with Crippen LogP contribution in [-0.4, -0.2) is 39.3 Å². The Balaban J connectivity index is 1.84. The van der Waals surface area contributed by atoms with E-state index in [1.807, 2.05) is 0 Å². The van der Waals surface area contributed by atoms with Gasteiger partial charge < -0.3 is 29.2 Å². The third-order valence-corrected chi connectivity index (χ3v) is 2.44. The van der Waals surface area contributed by atoms with Crippen LogP contribution >= 0.6 is 0 Å². The minimum atomic E-state index is -0.831. The number of anilines is 1. The van der Waals surface area contributed by atoms with Crippen LogP contribution in [0.2, 0.25) is 0 Å². The van der Waals surface area contributed by atoms with Gasteiger partial charge in [0.15, 0.2) is 6.10 Å². The molecule has 1 saturated heterocycles. The maximum absolute atomic E-state index is 11.5. The minimum Gasteiger partial charge on any atom is -0.758 e. The molecule has 1 aromatic carbocycles. The van der Waals surface area contributed by atoms with Gasteiger partial charge in [0.2, 0.25) is 0 Å². The molecular weight excluding hydrogens is 254 g/mol. The van der Waals surface area contributed by atoms with Crippen molar-refractivity contribution in [2.24, 2.45) is 0 Å². The van der Waals surface area contributed by atoms with Crippen molar-refractivity contribution in [1.29, 1.82) is 0 Å². The van der Waals surface area contributed by atoms with Crippen LogP contribution < -0.4 is 9.80 Å². The van der Waals surface area contributed by atoms with E-state index in [0.29, 0.717) is 16.5 Å². The molecule has 0 atom stereocenters. The van der Waals surface area contributed by atoms with Crippen molar-refractivity contribution in [2.45, 2.75) is 6.10 Å². The van der Waals surface area contributed by atoms with Gasteiger partial charge in [-0.2, -0.15) is 0 Å². The molecule has 1 aliphatic heterocycles. The predicted molar refractivity (Wildman–Crippen MR) is 65.9 cm³/mol. The fraction of sp³-hybridized carbons (Fsp3) is 0.417. The monoisotopic (exact) mass is 268 g/mol. The van der Waals surface area contributed by atoms with Crippen molar-refractivity contribution in [1.82, 2.24) is 0 Å². The second-order valence-electron chi connectivity index (χ2n) is 3.94. The standard InChI is InChI=1S/C12H14NO6/c1-13(15)9-2-4-10(5-3-9)18-12(14)19-11-6-16-8-17-7-11/h2-5,11H,6-8H2,1H3/q-1. The van der Waals surface area contributed by atoms with E-state index in [9.17, 15) is 10.0 Å². The van der Waals surface area contributed by atoms with Crippen molar-refractivity contribution < 1.29 is 23.7 Å². The van der Waals surface area contributed by atoms with Crippen molar-refractivity contribution in [3.63, 3.8) is 0 Å². The Bertz CT molecular complexity index is 413. The maximum atomic E-state index is 11.5. The molecule has 0 unspecified atom stereocenters. The first-order chi connectivity index (χ1) is 9.15. The summed E-state index contributed by atoms with van der Waals surface area (Å²) in [6, 6.07) is 6.11. The number of benzene rings is 1. The second kappa shape index (κ2) is 6.37. The lowest BCUT2D eigenvalue weighted by Gasteiger charge is -2.24. The van der Waals surface area contributed by atoms with Gasteiger partial charge in [0.1, 0.15) is 12.5 Å². The van der Waals surface area contributed by atoms with Crippen LogP contribution in [0.25, 0.3) is 0 Å². The van der Waals surface area contributed by atoms with Gasteiger partial charge in [0.25, 0.3) is 0 Å². The quantitative estimate of drug-likeness (QED) is 0.467. The van der Waals surface area contributed by atoms with E-state index < -0.39 is 12.3 Å². The van der Waals surface area contributed by atoms with Crippen LogP contribution in [0, 0.1) is 5.21 Å². The second-order valence-corrected chi connectivity index (χ2v) is 3.94. The van der Waals surface area contributed by atoms with Crippen molar-refractivity contribution in [3.05, 3.63) is 29.5 Å². The minimum absolute atomic E-state index is 0.207. The van der Waals surface area contributed by atoms with E-state index >= 15 is 0 Å². The SMILES string of the molecule is CN([O-])c1ccc(OC(=O)OC2COCOC2)cc1. The Morgan fingerprint density at radius 1 is 1.32 bits per heavy atom. The van der Waals surface area contributed by atoms with Gasteiger partial charge in [-0.25, -0.2) is 4.79 Å². The fourth-order valence-corrected chi connectivity index (χ4v) is 1.51. The lowest BCUT2D eigenvalue weighted by atomic mass is 10.3. The molecule has 7 heteroatoms. The number of hydrogen-bond donors (Lipinski definition) is 0. The van der Waals surface area contributed by atoms with Crippen molar-refractivity contribution in [2.75, 3.05) is 32.1 Å². The third-order valence-electron chi connectivity index (χ3n) is 2.44. The molecule has 0 amide bonds. The molecular formula is C12H14NO6-. The highest BCUT2D eigenvalue weighted by molar-refractivity contribution is 5.64. The number of ether oxygens (including phenoxy) is 4. The average molecular weight is 268 g/mol. The van der Waals surface area contributed by atoms with Crippen molar-refractivity contribution in [3.8, 4) is 5.75 Å². The van der Waals surface area contributed by atoms with E-state index in [4.69, 9.17) is 18.9 Å². The molecule has 0 saturated carbocycles. The third kappa shape index (κ3) is 4.09. The molecule has 0 aromatic heterocycles. The van der Waals surface area contributed by atoms with E-state index in [0.717, 1.165) is 0 Å². The Morgan fingerprint density at radius 3 is 2.53 bits per heavy atom. The van der Waals surface area contributed by atoms with Crippen LogP contribution in [0.1, 0.15) is 0 Å². The summed E-state index contributed by atoms with van der Waals surface area (Å²) in [5, 5.41) is 11.7. The van der Waals surface area contributed by atoms with E-state index in [1.165, 1.54) is 19.2 Å². The molecule has 1 aliphatic rings. The molecule has 7 nitrogen and oxygen atoms in total. The van der Waals surface area contributed by atoms with Crippen molar-refractivity contribution >= 4 is 11.8 Å². The first-order valence-corrected chi connectivity index (χ1v) is 5.70. The van der Waals surface area contributed by atoms with E-state index in [2.05, 4.69) is 0 Å². The Hall–Kier alpha value is -1.83. The summed E-state index contributed by atoms with van der Waals surface area (Å²) >= 11 is 0. The number of rotatable bonds is 3. The lowest BCUT2D eigenvalue weighted by Crippen LogP contribution is -2.34. The zero-order valence-corrected chi connectivity index (χ0v) is 10.4. The van der Waals surface area contributed by atoms with Gasteiger partial charge in [-0.1, -0.05) is 0 Å². The number of hydroxylamine groups is 1. The molecule has 19 heavy (non-hydrogen) atoms. The Kier molecular flexibility index (Phi) is 4.56. The molecule has 1 aromatic rings. The van der Waals surface area contributed by atoms with Gasteiger partial charge in [0.05, 0.1) is 13.2 Å². The van der Waals surface area contributed by atoms with Gasteiger partial charge in [-0.3, -0.25) is 0 Å². The molecule has 2 rings (SSSR count). The largest absolute Gasteiger partial charge is 0.758 e. The summed E-state index contributed by atoms with van der Waals surface area (Å²) in [4.78, 5) is 11.5. The first-order valence-electron chi connectivity index (χ1n) is 5.70.